The highest BCUT2D eigenvalue weighted by Crippen LogP contribution is 2.17. The van der Waals surface area contributed by atoms with Crippen LogP contribution in [0.1, 0.15) is 25.3 Å². The predicted octanol–water partition coefficient (Wildman–Crippen LogP) is 2.08. The summed E-state index contributed by atoms with van der Waals surface area (Å²) in [5.74, 6) is 0.465. The summed E-state index contributed by atoms with van der Waals surface area (Å²) in [4.78, 5) is 14.2. The van der Waals surface area contributed by atoms with E-state index in [1.54, 1.807) is 0 Å². The van der Waals surface area contributed by atoms with Crippen molar-refractivity contribution in [1.29, 1.82) is 0 Å². The number of benzene rings is 1. The topological polar surface area (TPSA) is 32.3 Å². The van der Waals surface area contributed by atoms with E-state index in [4.69, 9.17) is 0 Å². The first-order valence-electron chi connectivity index (χ1n) is 7.21. The van der Waals surface area contributed by atoms with Crippen molar-refractivity contribution in [3.8, 4) is 0 Å². The smallest absolute Gasteiger partial charge is 0.227 e. The van der Waals surface area contributed by atoms with Crippen molar-refractivity contribution >= 4 is 5.91 Å². The van der Waals surface area contributed by atoms with E-state index in [0.29, 0.717) is 11.9 Å². The van der Waals surface area contributed by atoms with Crippen molar-refractivity contribution in [3.63, 3.8) is 0 Å². The molecule has 0 radical (unpaired) electrons. The molecule has 2 rings (SSSR count). The number of nitrogens with one attached hydrogen (secondary N) is 1. The largest absolute Gasteiger partial charge is 0.345 e. The lowest BCUT2D eigenvalue weighted by molar-refractivity contribution is -0.134. The summed E-state index contributed by atoms with van der Waals surface area (Å²) in [6.45, 7) is 3.92. The molecule has 1 N–H and O–H groups in total. The van der Waals surface area contributed by atoms with Crippen molar-refractivity contribution in [3.05, 3.63) is 35.9 Å². The molecule has 0 aromatic heterocycles. The average molecular weight is 260 g/mol. The number of amides is 1. The van der Waals surface area contributed by atoms with E-state index in [1.165, 1.54) is 5.56 Å². The summed E-state index contributed by atoms with van der Waals surface area (Å²) in [7, 11) is 1.93. The molecular formula is C16H24N2O. The van der Waals surface area contributed by atoms with Crippen LogP contribution in [0.3, 0.4) is 0 Å². The summed E-state index contributed by atoms with van der Waals surface area (Å²) in [5, 5.41) is 3.34. The van der Waals surface area contributed by atoms with Crippen LogP contribution in [-0.2, 0) is 11.2 Å². The van der Waals surface area contributed by atoms with Crippen molar-refractivity contribution in [2.75, 3.05) is 20.1 Å². The average Bonchev–Trinajstić information content (AvgIpc) is 2.85. The Kier molecular flexibility index (Phi) is 4.97. The van der Waals surface area contributed by atoms with Gasteiger partial charge in [0.05, 0.1) is 5.92 Å². The zero-order valence-corrected chi connectivity index (χ0v) is 11.9. The molecular weight excluding hydrogens is 236 g/mol. The Morgan fingerprint density at radius 2 is 2.11 bits per heavy atom. The van der Waals surface area contributed by atoms with Crippen molar-refractivity contribution < 1.29 is 4.79 Å². The van der Waals surface area contributed by atoms with Gasteiger partial charge >= 0.3 is 0 Å². The van der Waals surface area contributed by atoms with Gasteiger partial charge in [0.1, 0.15) is 0 Å². The Bertz CT molecular complexity index is 404. The predicted molar refractivity (Wildman–Crippen MR) is 78.0 cm³/mol. The molecule has 104 valence electrons. The van der Waals surface area contributed by atoms with Gasteiger partial charge in [-0.15, -0.1) is 0 Å². The fraction of sp³-hybridized carbons (Fsp3) is 0.562. The number of hydrogen-bond donors (Lipinski definition) is 1. The minimum Gasteiger partial charge on any atom is -0.345 e. The highest BCUT2D eigenvalue weighted by atomic mass is 16.2. The third kappa shape index (κ3) is 3.80. The molecule has 3 heteroatoms. The fourth-order valence-corrected chi connectivity index (χ4v) is 2.75. The Balaban J connectivity index is 1.75. The molecule has 0 aliphatic carbocycles. The van der Waals surface area contributed by atoms with Gasteiger partial charge in [0.15, 0.2) is 0 Å². The highest BCUT2D eigenvalue weighted by molar-refractivity contribution is 5.79. The molecule has 1 heterocycles. The molecule has 1 saturated heterocycles. The minimum absolute atomic E-state index is 0.168. The number of nitrogens with zero attached hydrogens (tertiary/aromatic N) is 1. The minimum atomic E-state index is 0.168. The maximum atomic E-state index is 12.3. The maximum Gasteiger partial charge on any atom is 0.227 e. The van der Waals surface area contributed by atoms with Crippen LogP contribution in [0.4, 0.5) is 0 Å². The van der Waals surface area contributed by atoms with Crippen LogP contribution in [0.2, 0.25) is 0 Å². The molecule has 1 amide bonds. The van der Waals surface area contributed by atoms with Gasteiger partial charge in [0.25, 0.3) is 0 Å². The van der Waals surface area contributed by atoms with E-state index in [9.17, 15) is 4.79 Å². The van der Waals surface area contributed by atoms with Crippen LogP contribution in [0, 0.1) is 5.92 Å². The molecule has 1 fully saturated rings. The highest BCUT2D eigenvalue weighted by Gasteiger charge is 2.31. The first kappa shape index (κ1) is 14.1. The lowest BCUT2D eigenvalue weighted by Crippen LogP contribution is -2.38. The van der Waals surface area contributed by atoms with Crippen LogP contribution in [0.5, 0.6) is 0 Å². The zero-order chi connectivity index (χ0) is 13.7. The van der Waals surface area contributed by atoms with Gasteiger partial charge in [-0.05, 0) is 38.3 Å². The van der Waals surface area contributed by atoms with Gasteiger partial charge in [0, 0.05) is 19.6 Å². The Morgan fingerprint density at radius 3 is 2.74 bits per heavy atom. The fourth-order valence-electron chi connectivity index (χ4n) is 2.75. The monoisotopic (exact) mass is 260 g/mol. The SMILES string of the molecule is CC1NCCC1C(=O)N(C)CCCc1ccccc1. The summed E-state index contributed by atoms with van der Waals surface area (Å²) < 4.78 is 0. The van der Waals surface area contributed by atoms with Gasteiger partial charge in [-0.3, -0.25) is 4.79 Å². The lowest BCUT2D eigenvalue weighted by Gasteiger charge is -2.23. The second-order valence-electron chi connectivity index (χ2n) is 5.49. The van der Waals surface area contributed by atoms with Gasteiger partial charge in [0.2, 0.25) is 5.91 Å². The van der Waals surface area contributed by atoms with Gasteiger partial charge in [-0.1, -0.05) is 30.3 Å². The Hall–Kier alpha value is -1.35. The van der Waals surface area contributed by atoms with Gasteiger partial charge in [-0.25, -0.2) is 0 Å². The molecule has 3 nitrogen and oxygen atoms in total. The zero-order valence-electron chi connectivity index (χ0n) is 11.9. The number of hydrogen-bond acceptors (Lipinski definition) is 2. The summed E-state index contributed by atoms with van der Waals surface area (Å²) in [6, 6.07) is 10.8. The third-order valence-corrected chi connectivity index (χ3v) is 4.02. The third-order valence-electron chi connectivity index (χ3n) is 4.02. The van der Waals surface area contributed by atoms with Crippen LogP contribution in [0.15, 0.2) is 30.3 Å². The van der Waals surface area contributed by atoms with E-state index in [1.807, 2.05) is 18.0 Å². The molecule has 2 unspecified atom stereocenters. The van der Waals surface area contributed by atoms with Crippen molar-refractivity contribution in [2.24, 2.45) is 5.92 Å². The first-order valence-corrected chi connectivity index (χ1v) is 7.21. The maximum absolute atomic E-state index is 12.3. The van der Waals surface area contributed by atoms with E-state index >= 15 is 0 Å². The summed E-state index contributed by atoms with van der Waals surface area (Å²) in [5.41, 5.74) is 1.35. The molecule has 0 saturated carbocycles. The normalized spacial score (nSPS) is 22.4. The molecule has 2 atom stereocenters. The molecule has 19 heavy (non-hydrogen) atoms. The second kappa shape index (κ2) is 6.71. The molecule has 1 aromatic carbocycles. The van der Waals surface area contributed by atoms with E-state index < -0.39 is 0 Å². The van der Waals surface area contributed by atoms with Crippen molar-refractivity contribution in [1.82, 2.24) is 10.2 Å². The van der Waals surface area contributed by atoms with E-state index in [0.717, 1.165) is 32.4 Å². The second-order valence-corrected chi connectivity index (χ2v) is 5.49. The number of aryl methyl sites for hydroxylation is 1. The summed E-state index contributed by atoms with van der Waals surface area (Å²) >= 11 is 0. The van der Waals surface area contributed by atoms with E-state index in [2.05, 4.69) is 36.5 Å². The van der Waals surface area contributed by atoms with E-state index in [-0.39, 0.29) is 5.92 Å². The molecule has 1 aliphatic heterocycles. The molecule has 0 spiro atoms. The number of carbonyl (C=O) groups excluding carboxylic acids is 1. The number of rotatable bonds is 5. The van der Waals surface area contributed by atoms with Crippen LogP contribution in [-0.4, -0.2) is 37.0 Å². The molecule has 0 bridgehead atoms. The first-order chi connectivity index (χ1) is 9.18. The summed E-state index contributed by atoms with van der Waals surface area (Å²) in [6.07, 6.45) is 3.04. The van der Waals surface area contributed by atoms with Crippen LogP contribution >= 0.6 is 0 Å². The Labute approximate surface area is 116 Å². The molecule has 1 aliphatic rings. The lowest BCUT2D eigenvalue weighted by atomic mass is 10.0. The van der Waals surface area contributed by atoms with Crippen LogP contribution in [0.25, 0.3) is 0 Å². The number of carbonyl (C=O) groups is 1. The Morgan fingerprint density at radius 1 is 1.37 bits per heavy atom. The van der Waals surface area contributed by atoms with Gasteiger partial charge < -0.3 is 10.2 Å². The molecule has 1 aromatic rings. The van der Waals surface area contributed by atoms with Crippen LogP contribution < -0.4 is 5.32 Å². The standard InChI is InChI=1S/C16H24N2O/c1-13-15(10-11-17-13)16(19)18(2)12-6-9-14-7-4-3-5-8-14/h3-5,7-8,13,15,17H,6,9-12H2,1-2H3. The van der Waals surface area contributed by atoms with Crippen molar-refractivity contribution in [2.45, 2.75) is 32.2 Å². The quantitative estimate of drug-likeness (QED) is 0.879. The van der Waals surface area contributed by atoms with Gasteiger partial charge in [-0.2, -0.15) is 0 Å².